The maximum absolute atomic E-state index is 8.33. The van der Waals surface area contributed by atoms with E-state index in [4.69, 9.17) is 15.0 Å². The van der Waals surface area contributed by atoms with E-state index in [1.807, 2.05) is 0 Å². The first-order valence-electron chi connectivity index (χ1n) is 0.612. The third-order valence-corrected chi connectivity index (χ3v) is 0. The van der Waals surface area contributed by atoms with Gasteiger partial charge in [-0.15, -0.1) is 0 Å². The van der Waals surface area contributed by atoms with Gasteiger partial charge in [-0.2, -0.15) is 0 Å². The van der Waals surface area contributed by atoms with Gasteiger partial charge in [-0.05, 0) is 6.16 Å². The molecule has 0 aromatic heterocycles. The minimum atomic E-state index is -2.33. The first-order chi connectivity index (χ1) is 1.73. The second-order valence-electron chi connectivity index (χ2n) is 0.250. The average Bonchev–Trinajstić information content (AvgIpc) is 0.811. The summed E-state index contributed by atoms with van der Waals surface area (Å²) in [6.45, 7) is 0. The molecule has 0 aromatic carbocycles. The first kappa shape index (κ1) is 16.3. The summed E-state index contributed by atoms with van der Waals surface area (Å²) in [5, 5.41) is 16.7. The van der Waals surface area contributed by atoms with Crippen molar-refractivity contribution in [2.45, 2.75) is 0 Å². The van der Waals surface area contributed by atoms with Crippen LogP contribution in [0.1, 0.15) is 0 Å². The summed E-state index contributed by atoms with van der Waals surface area (Å²) in [6, 6.07) is 0. The summed E-state index contributed by atoms with van der Waals surface area (Å²) >= 11 is 0. The second kappa shape index (κ2) is 8.99. The van der Waals surface area contributed by atoms with Crippen LogP contribution in [0.15, 0.2) is 0 Å². The SMILES string of the molecule is O=C([O-])[O-].[NH4+].[U+2]. The van der Waals surface area contributed by atoms with Crippen LogP contribution in [-0.4, -0.2) is 6.16 Å². The summed E-state index contributed by atoms with van der Waals surface area (Å²) in [5.74, 6) is 0. The van der Waals surface area contributed by atoms with Crippen molar-refractivity contribution in [1.29, 1.82) is 0 Å². The molecule has 0 rings (SSSR count). The summed E-state index contributed by atoms with van der Waals surface area (Å²) < 4.78 is 0. The van der Waals surface area contributed by atoms with Crippen molar-refractivity contribution in [3.63, 3.8) is 0 Å². The van der Waals surface area contributed by atoms with Crippen molar-refractivity contribution in [1.82, 2.24) is 6.15 Å². The number of carbonyl (C=O) groups is 1. The molecule has 0 aliphatic carbocycles. The van der Waals surface area contributed by atoms with Gasteiger partial charge in [0.25, 0.3) is 0 Å². The summed E-state index contributed by atoms with van der Waals surface area (Å²) in [4.78, 5) is 8.33. The molecule has 4 nitrogen and oxygen atoms in total. The van der Waals surface area contributed by atoms with Crippen LogP contribution in [-0.2, 0) is 0 Å². The monoisotopic (exact) mass is 316 g/mol. The third-order valence-electron chi connectivity index (χ3n) is 0. The molecule has 0 fully saturated rings. The Bertz CT molecular complexity index is 33.8. The quantitative estimate of drug-likeness (QED) is 0.555. The van der Waals surface area contributed by atoms with Crippen LogP contribution in [0.3, 0.4) is 0 Å². The topological polar surface area (TPSA) is 99.7 Å². The van der Waals surface area contributed by atoms with Crippen molar-refractivity contribution in [2.75, 3.05) is 0 Å². The largest absolute Gasteiger partial charge is 2.00 e. The molecule has 0 saturated heterocycles. The summed E-state index contributed by atoms with van der Waals surface area (Å²) in [7, 11) is 0. The number of quaternary nitrogens is 1. The average molecular weight is 316 g/mol. The minimum absolute atomic E-state index is 0. The molecule has 0 radical (unpaired) electrons. The van der Waals surface area contributed by atoms with Crippen LogP contribution in [0.2, 0.25) is 0 Å². The molecule has 0 heterocycles. The maximum atomic E-state index is 8.33. The van der Waals surface area contributed by atoms with Crippen LogP contribution in [0, 0.1) is 31.1 Å². The molecule has 34 valence electrons. The molecule has 0 bridgehead atoms. The van der Waals surface area contributed by atoms with E-state index < -0.39 is 6.16 Å². The molecule has 0 unspecified atom stereocenters. The molecule has 0 aliphatic heterocycles. The van der Waals surface area contributed by atoms with Gasteiger partial charge in [0.15, 0.2) is 0 Å². The van der Waals surface area contributed by atoms with Crippen molar-refractivity contribution < 1.29 is 46.1 Å². The second-order valence-corrected chi connectivity index (χ2v) is 0.250. The fourth-order valence-electron chi connectivity index (χ4n) is 0. The number of carboxylic acid groups (broad SMARTS) is 2. The fraction of sp³-hybridized carbons (Fsp3) is 0. The summed E-state index contributed by atoms with van der Waals surface area (Å²) in [6.07, 6.45) is -2.33. The van der Waals surface area contributed by atoms with Crippen molar-refractivity contribution >= 4 is 6.16 Å². The van der Waals surface area contributed by atoms with Gasteiger partial charge in [0, 0.05) is 0 Å². The van der Waals surface area contributed by atoms with Gasteiger partial charge < -0.3 is 21.2 Å². The van der Waals surface area contributed by atoms with E-state index in [2.05, 4.69) is 0 Å². The Morgan fingerprint density at radius 3 is 1.33 bits per heavy atom. The van der Waals surface area contributed by atoms with Crippen LogP contribution in [0.25, 0.3) is 0 Å². The molecule has 0 atom stereocenters. The van der Waals surface area contributed by atoms with Gasteiger partial charge >= 0.3 is 31.1 Å². The fourth-order valence-corrected chi connectivity index (χ4v) is 0. The normalized spacial score (nSPS) is 4.00. The van der Waals surface area contributed by atoms with E-state index in [0.29, 0.717) is 0 Å². The van der Waals surface area contributed by atoms with Gasteiger partial charge in [-0.1, -0.05) is 0 Å². The van der Waals surface area contributed by atoms with Crippen LogP contribution in [0.5, 0.6) is 0 Å². The van der Waals surface area contributed by atoms with Gasteiger partial charge in [0.2, 0.25) is 0 Å². The van der Waals surface area contributed by atoms with Crippen LogP contribution in [0.4, 0.5) is 4.79 Å². The molecule has 4 N–H and O–H groups in total. The maximum Gasteiger partial charge on any atom is 2.00 e. The molecule has 0 aliphatic rings. The number of carbonyl (C=O) groups excluding carboxylic acids is 1. The van der Waals surface area contributed by atoms with Gasteiger partial charge in [-0.25, -0.2) is 0 Å². The van der Waals surface area contributed by atoms with E-state index >= 15 is 0 Å². The van der Waals surface area contributed by atoms with Crippen molar-refractivity contribution in [3.8, 4) is 0 Å². The smallest absolute Gasteiger partial charge is 0.652 e. The molecular formula is CH4NO3U+. The van der Waals surface area contributed by atoms with Crippen LogP contribution >= 0.6 is 0 Å². The predicted molar refractivity (Wildman–Crippen MR) is 11.4 cm³/mol. The number of rotatable bonds is 0. The Balaban J connectivity index is -0.0000000450. The van der Waals surface area contributed by atoms with E-state index in [1.165, 1.54) is 0 Å². The molecule has 5 heteroatoms. The molecule has 0 amide bonds. The number of hydrogen-bond donors (Lipinski definition) is 1. The van der Waals surface area contributed by atoms with Crippen LogP contribution < -0.4 is 16.4 Å². The number of hydrogen-bond acceptors (Lipinski definition) is 3. The predicted octanol–water partition coefficient (Wildman–Crippen LogP) is -2.07. The first-order valence-corrected chi connectivity index (χ1v) is 0.612. The van der Waals surface area contributed by atoms with Crippen molar-refractivity contribution in [3.05, 3.63) is 0 Å². The molecule has 0 saturated carbocycles. The van der Waals surface area contributed by atoms with E-state index in [9.17, 15) is 0 Å². The molecule has 0 aromatic rings. The van der Waals surface area contributed by atoms with Gasteiger partial charge in [0.1, 0.15) is 0 Å². The zero-order chi connectivity index (χ0) is 3.58. The molecule has 0 spiro atoms. The van der Waals surface area contributed by atoms with Gasteiger partial charge in [-0.3, -0.25) is 0 Å². The Morgan fingerprint density at radius 2 is 1.33 bits per heavy atom. The minimum Gasteiger partial charge on any atom is -0.652 e. The Kier molecular flexibility index (Phi) is 24.4. The van der Waals surface area contributed by atoms with Gasteiger partial charge in [0.05, 0.1) is 0 Å². The Morgan fingerprint density at radius 1 is 1.33 bits per heavy atom. The zero-order valence-corrected chi connectivity index (χ0v) is 7.39. The van der Waals surface area contributed by atoms with E-state index in [0.717, 1.165) is 0 Å². The van der Waals surface area contributed by atoms with Crippen molar-refractivity contribution in [2.24, 2.45) is 0 Å². The van der Waals surface area contributed by atoms with E-state index in [1.54, 1.807) is 0 Å². The third kappa shape index (κ3) is 580. The Hall–Kier alpha value is 0.282. The molecular weight excluding hydrogens is 312 g/mol. The van der Waals surface area contributed by atoms with E-state index in [-0.39, 0.29) is 37.3 Å². The zero-order valence-electron chi connectivity index (χ0n) is 3.22. The molecule has 6 heavy (non-hydrogen) atoms. The summed E-state index contributed by atoms with van der Waals surface area (Å²) in [5.41, 5.74) is 0. The Labute approximate surface area is 58.5 Å². The standard InChI is InChI=1S/CH2O3.H3N.U/c2-1(3)4;;/h(H2,2,3,4);1H3;/q;;+2/p-1.